The third-order valence-electron chi connectivity index (χ3n) is 4.78. The number of hydrogen-bond donors (Lipinski definition) is 0. The SMILES string of the molecule is O=C(/C=C/c1ccccc1)N1CCSC1c1cccc(OCc2ccccc2)c1. The number of amides is 1. The number of nitrogens with zero attached hydrogens (tertiary/aromatic N) is 1. The molecule has 1 atom stereocenters. The van der Waals surface area contributed by atoms with E-state index in [-0.39, 0.29) is 11.3 Å². The van der Waals surface area contributed by atoms with Crippen LogP contribution in [0.2, 0.25) is 0 Å². The van der Waals surface area contributed by atoms with Crippen LogP contribution >= 0.6 is 11.8 Å². The van der Waals surface area contributed by atoms with Crippen molar-refractivity contribution >= 4 is 23.7 Å². The van der Waals surface area contributed by atoms with Gasteiger partial charge < -0.3 is 9.64 Å². The van der Waals surface area contributed by atoms with Crippen molar-refractivity contribution < 1.29 is 9.53 Å². The summed E-state index contributed by atoms with van der Waals surface area (Å²) in [5.74, 6) is 1.80. The molecule has 29 heavy (non-hydrogen) atoms. The number of thioether (sulfide) groups is 1. The highest BCUT2D eigenvalue weighted by atomic mass is 32.2. The Morgan fingerprint density at radius 3 is 2.55 bits per heavy atom. The Labute approximate surface area is 176 Å². The summed E-state index contributed by atoms with van der Waals surface area (Å²) in [5, 5.41) is 0.0169. The summed E-state index contributed by atoms with van der Waals surface area (Å²) in [5.41, 5.74) is 3.26. The number of carbonyl (C=O) groups excluding carboxylic acids is 1. The molecule has 3 nitrogen and oxygen atoms in total. The standard InChI is InChI=1S/C25H23NO2S/c27-24(15-14-20-8-3-1-4-9-20)26-16-17-29-25(26)22-12-7-13-23(18-22)28-19-21-10-5-2-6-11-21/h1-15,18,25H,16-17,19H2/b15-14+. The molecule has 1 aliphatic rings. The summed E-state index contributed by atoms with van der Waals surface area (Å²) in [6, 6.07) is 28.1. The van der Waals surface area contributed by atoms with E-state index in [0.29, 0.717) is 6.61 Å². The highest BCUT2D eigenvalue weighted by molar-refractivity contribution is 7.99. The second-order valence-electron chi connectivity index (χ2n) is 6.85. The first-order valence-electron chi connectivity index (χ1n) is 9.71. The van der Waals surface area contributed by atoms with Crippen LogP contribution in [-0.4, -0.2) is 23.1 Å². The second-order valence-corrected chi connectivity index (χ2v) is 8.03. The summed E-state index contributed by atoms with van der Waals surface area (Å²) in [7, 11) is 0. The van der Waals surface area contributed by atoms with Gasteiger partial charge >= 0.3 is 0 Å². The molecule has 0 N–H and O–H groups in total. The van der Waals surface area contributed by atoms with Crippen molar-refractivity contribution in [1.29, 1.82) is 0 Å². The molecule has 146 valence electrons. The first kappa shape index (κ1) is 19.3. The van der Waals surface area contributed by atoms with Crippen molar-refractivity contribution in [3.8, 4) is 5.75 Å². The molecule has 0 spiro atoms. The predicted octanol–water partition coefficient (Wildman–Crippen LogP) is 5.55. The molecule has 0 aliphatic carbocycles. The van der Waals surface area contributed by atoms with Gasteiger partial charge in [-0.25, -0.2) is 0 Å². The van der Waals surface area contributed by atoms with Crippen LogP contribution < -0.4 is 4.74 Å². The lowest BCUT2D eigenvalue weighted by molar-refractivity contribution is -0.126. The van der Waals surface area contributed by atoms with E-state index in [0.717, 1.165) is 34.7 Å². The Bertz CT molecular complexity index is 972. The van der Waals surface area contributed by atoms with Gasteiger partial charge in [0.2, 0.25) is 5.91 Å². The minimum atomic E-state index is 0.0169. The van der Waals surface area contributed by atoms with E-state index in [9.17, 15) is 4.79 Å². The third-order valence-corrected chi connectivity index (χ3v) is 6.04. The second kappa shape index (κ2) is 9.48. The minimum absolute atomic E-state index is 0.0169. The van der Waals surface area contributed by atoms with Crippen LogP contribution in [0.5, 0.6) is 5.75 Å². The van der Waals surface area contributed by atoms with Gasteiger partial charge in [0.1, 0.15) is 17.7 Å². The van der Waals surface area contributed by atoms with Crippen LogP contribution in [-0.2, 0) is 11.4 Å². The van der Waals surface area contributed by atoms with Crippen molar-refractivity contribution in [3.05, 3.63) is 108 Å². The number of hydrogen-bond acceptors (Lipinski definition) is 3. The van der Waals surface area contributed by atoms with Crippen molar-refractivity contribution in [3.63, 3.8) is 0 Å². The van der Waals surface area contributed by atoms with Gasteiger partial charge in [0.25, 0.3) is 0 Å². The summed E-state index contributed by atoms with van der Waals surface area (Å²) in [6.07, 6.45) is 3.55. The molecule has 1 unspecified atom stereocenters. The zero-order valence-corrected chi connectivity index (χ0v) is 16.9. The maximum atomic E-state index is 12.8. The Morgan fingerprint density at radius 2 is 1.76 bits per heavy atom. The van der Waals surface area contributed by atoms with E-state index in [1.165, 1.54) is 0 Å². The molecule has 3 aromatic rings. The molecular formula is C25H23NO2S. The van der Waals surface area contributed by atoms with E-state index < -0.39 is 0 Å². The fraction of sp³-hybridized carbons (Fsp3) is 0.160. The monoisotopic (exact) mass is 401 g/mol. The average Bonchev–Trinajstić information content (AvgIpc) is 3.28. The average molecular weight is 402 g/mol. The Morgan fingerprint density at radius 1 is 1.00 bits per heavy atom. The van der Waals surface area contributed by atoms with Gasteiger partial charge in [-0.3, -0.25) is 4.79 Å². The highest BCUT2D eigenvalue weighted by Crippen LogP contribution is 2.39. The zero-order valence-electron chi connectivity index (χ0n) is 16.1. The Hall–Kier alpha value is -2.98. The van der Waals surface area contributed by atoms with Crippen LogP contribution in [0.1, 0.15) is 22.1 Å². The maximum absolute atomic E-state index is 12.8. The molecule has 1 saturated heterocycles. The molecule has 3 aromatic carbocycles. The molecule has 0 radical (unpaired) electrons. The fourth-order valence-corrected chi connectivity index (χ4v) is 4.55. The van der Waals surface area contributed by atoms with E-state index in [1.54, 1.807) is 17.8 Å². The summed E-state index contributed by atoms with van der Waals surface area (Å²) in [4.78, 5) is 14.7. The van der Waals surface area contributed by atoms with Crippen LogP contribution in [0.3, 0.4) is 0 Å². The molecule has 1 amide bonds. The molecule has 1 aliphatic heterocycles. The van der Waals surface area contributed by atoms with Gasteiger partial charge in [0.05, 0.1) is 0 Å². The first-order valence-corrected chi connectivity index (χ1v) is 10.8. The lowest BCUT2D eigenvalue weighted by atomic mass is 10.1. The highest BCUT2D eigenvalue weighted by Gasteiger charge is 2.29. The Kier molecular flexibility index (Phi) is 6.32. The zero-order chi connectivity index (χ0) is 19.9. The first-order chi connectivity index (χ1) is 14.3. The molecule has 0 bridgehead atoms. The number of ether oxygens (including phenoxy) is 1. The van der Waals surface area contributed by atoms with E-state index in [4.69, 9.17) is 4.74 Å². The topological polar surface area (TPSA) is 29.5 Å². The minimum Gasteiger partial charge on any atom is -0.489 e. The quantitative estimate of drug-likeness (QED) is 0.507. The summed E-state index contributed by atoms with van der Waals surface area (Å²) >= 11 is 1.79. The van der Waals surface area contributed by atoms with Crippen molar-refractivity contribution in [1.82, 2.24) is 4.90 Å². The van der Waals surface area contributed by atoms with Gasteiger partial charge in [-0.15, -0.1) is 11.8 Å². The Balaban J connectivity index is 1.44. The smallest absolute Gasteiger partial charge is 0.247 e. The predicted molar refractivity (Wildman–Crippen MR) is 120 cm³/mol. The number of carbonyl (C=O) groups is 1. The van der Waals surface area contributed by atoms with Gasteiger partial charge in [0.15, 0.2) is 0 Å². The fourth-order valence-electron chi connectivity index (χ4n) is 3.30. The van der Waals surface area contributed by atoms with Crippen molar-refractivity contribution in [2.45, 2.75) is 12.0 Å². The van der Waals surface area contributed by atoms with Crippen LogP contribution in [0, 0.1) is 0 Å². The van der Waals surface area contributed by atoms with Crippen molar-refractivity contribution in [2.75, 3.05) is 12.3 Å². The number of rotatable bonds is 6. The van der Waals surface area contributed by atoms with Gasteiger partial charge in [-0.1, -0.05) is 72.8 Å². The van der Waals surface area contributed by atoms with E-state index >= 15 is 0 Å². The lowest BCUT2D eigenvalue weighted by Gasteiger charge is -2.23. The molecule has 0 aromatic heterocycles. The van der Waals surface area contributed by atoms with E-state index in [2.05, 4.69) is 18.2 Å². The maximum Gasteiger partial charge on any atom is 0.247 e. The third kappa shape index (κ3) is 5.09. The van der Waals surface area contributed by atoms with Crippen LogP contribution in [0.15, 0.2) is 91.0 Å². The molecule has 4 rings (SSSR count). The summed E-state index contributed by atoms with van der Waals surface area (Å²) in [6.45, 7) is 1.28. The van der Waals surface area contributed by atoms with Crippen molar-refractivity contribution in [2.24, 2.45) is 0 Å². The lowest BCUT2D eigenvalue weighted by Crippen LogP contribution is -2.28. The number of benzene rings is 3. The molecule has 1 fully saturated rings. The van der Waals surface area contributed by atoms with E-state index in [1.807, 2.05) is 77.7 Å². The largest absolute Gasteiger partial charge is 0.489 e. The van der Waals surface area contributed by atoms with Gasteiger partial charge in [-0.2, -0.15) is 0 Å². The summed E-state index contributed by atoms with van der Waals surface area (Å²) < 4.78 is 5.97. The van der Waals surface area contributed by atoms with Gasteiger partial charge in [-0.05, 0) is 34.9 Å². The molecular weight excluding hydrogens is 378 g/mol. The van der Waals surface area contributed by atoms with Crippen LogP contribution in [0.4, 0.5) is 0 Å². The normalized spacial score (nSPS) is 16.3. The van der Waals surface area contributed by atoms with Crippen LogP contribution in [0.25, 0.3) is 6.08 Å². The molecule has 0 saturated carbocycles. The molecule has 1 heterocycles. The van der Waals surface area contributed by atoms with Gasteiger partial charge in [0, 0.05) is 18.4 Å². The molecule has 4 heteroatoms.